The Hall–Kier alpha value is -2.15. The molecule has 0 spiro atoms. The average molecular weight is 301 g/mol. The van der Waals surface area contributed by atoms with Crippen molar-refractivity contribution < 1.29 is 19.6 Å². The van der Waals surface area contributed by atoms with Crippen LogP contribution in [0, 0.1) is 17.0 Å². The van der Waals surface area contributed by atoms with Gasteiger partial charge in [-0.3, -0.25) is 19.7 Å². The summed E-state index contributed by atoms with van der Waals surface area (Å²) >= 11 is 5.76. The number of carbonyl (C=O) groups is 2. The lowest BCUT2D eigenvalue weighted by atomic mass is 10.1. The van der Waals surface area contributed by atoms with E-state index >= 15 is 0 Å². The zero-order valence-electron chi connectivity index (χ0n) is 10.7. The van der Waals surface area contributed by atoms with Crippen LogP contribution >= 0.6 is 11.6 Å². The lowest BCUT2D eigenvalue weighted by Gasteiger charge is -2.09. The van der Waals surface area contributed by atoms with E-state index in [-0.39, 0.29) is 35.9 Å². The van der Waals surface area contributed by atoms with Crippen molar-refractivity contribution >= 4 is 34.9 Å². The summed E-state index contributed by atoms with van der Waals surface area (Å²) in [4.78, 5) is 32.0. The topological polar surface area (TPSA) is 110 Å². The van der Waals surface area contributed by atoms with Crippen LogP contribution in [0.15, 0.2) is 12.1 Å². The first kappa shape index (κ1) is 15.9. The third-order valence-electron chi connectivity index (χ3n) is 2.56. The normalized spacial score (nSPS) is 10.1. The van der Waals surface area contributed by atoms with Gasteiger partial charge in [0.05, 0.1) is 4.92 Å². The summed E-state index contributed by atoms with van der Waals surface area (Å²) in [6.45, 7) is 1.61. The number of nitrogens with zero attached hydrogens (tertiary/aromatic N) is 1. The smallest absolute Gasteiger partial charge is 0.303 e. The number of benzene rings is 1. The van der Waals surface area contributed by atoms with Gasteiger partial charge in [-0.05, 0) is 25.0 Å². The number of aryl methyl sites for hydroxylation is 1. The van der Waals surface area contributed by atoms with Crippen molar-refractivity contribution in [3.8, 4) is 0 Å². The van der Waals surface area contributed by atoms with E-state index < -0.39 is 10.9 Å². The average Bonchev–Trinajstić information content (AvgIpc) is 2.32. The number of amides is 1. The number of hydrogen-bond donors (Lipinski definition) is 2. The van der Waals surface area contributed by atoms with Crippen LogP contribution in [0.4, 0.5) is 11.4 Å². The minimum Gasteiger partial charge on any atom is -0.481 e. The van der Waals surface area contributed by atoms with E-state index in [1.165, 1.54) is 12.1 Å². The predicted molar refractivity (Wildman–Crippen MR) is 73.0 cm³/mol. The summed E-state index contributed by atoms with van der Waals surface area (Å²) < 4.78 is 0. The zero-order chi connectivity index (χ0) is 15.3. The van der Waals surface area contributed by atoms with Crippen LogP contribution in [0.5, 0.6) is 0 Å². The molecular formula is C12H13ClN2O5. The van der Waals surface area contributed by atoms with Crippen LogP contribution in [0.1, 0.15) is 24.8 Å². The number of carboxylic acids is 1. The van der Waals surface area contributed by atoms with Gasteiger partial charge >= 0.3 is 5.97 Å². The number of carboxylic acid groups (broad SMARTS) is 1. The van der Waals surface area contributed by atoms with Crippen LogP contribution < -0.4 is 5.32 Å². The third-order valence-corrected chi connectivity index (χ3v) is 2.86. The first-order valence-electron chi connectivity index (χ1n) is 5.77. The van der Waals surface area contributed by atoms with E-state index in [0.717, 1.165) is 0 Å². The molecule has 0 bridgehead atoms. The fraction of sp³-hybridized carbons (Fsp3) is 0.333. The first-order valence-corrected chi connectivity index (χ1v) is 6.15. The Morgan fingerprint density at radius 1 is 1.40 bits per heavy atom. The van der Waals surface area contributed by atoms with Gasteiger partial charge in [-0.2, -0.15) is 0 Å². The minimum absolute atomic E-state index is 0.0559. The van der Waals surface area contributed by atoms with Gasteiger partial charge in [0.15, 0.2) is 0 Å². The Labute approximate surface area is 119 Å². The SMILES string of the molecule is Cc1cc([N+](=O)[O-])c(Cl)cc1NC(=O)CCCC(=O)O. The van der Waals surface area contributed by atoms with Crippen LogP contribution in [0.2, 0.25) is 5.02 Å². The highest BCUT2D eigenvalue weighted by molar-refractivity contribution is 6.33. The molecule has 1 amide bonds. The molecule has 0 aromatic heterocycles. The van der Waals surface area contributed by atoms with Crippen LogP contribution in [0.3, 0.4) is 0 Å². The van der Waals surface area contributed by atoms with Gasteiger partial charge in [0.25, 0.3) is 5.69 Å². The molecule has 108 valence electrons. The van der Waals surface area contributed by atoms with Crippen molar-refractivity contribution in [2.24, 2.45) is 0 Å². The molecule has 1 aromatic rings. The van der Waals surface area contributed by atoms with Crippen molar-refractivity contribution in [1.82, 2.24) is 0 Å². The number of rotatable bonds is 6. The number of nitro groups is 1. The fourth-order valence-electron chi connectivity index (χ4n) is 1.55. The third kappa shape index (κ3) is 4.51. The van der Waals surface area contributed by atoms with E-state index in [0.29, 0.717) is 11.3 Å². The number of halogens is 1. The summed E-state index contributed by atoms with van der Waals surface area (Å²) in [6.07, 6.45) is 0.189. The van der Waals surface area contributed by atoms with E-state index in [2.05, 4.69) is 5.32 Å². The Bertz CT molecular complexity index is 559. The van der Waals surface area contributed by atoms with Crippen LogP contribution in [-0.2, 0) is 9.59 Å². The molecule has 20 heavy (non-hydrogen) atoms. The zero-order valence-corrected chi connectivity index (χ0v) is 11.4. The summed E-state index contributed by atoms with van der Waals surface area (Å²) in [6, 6.07) is 2.58. The molecule has 0 atom stereocenters. The summed E-state index contributed by atoms with van der Waals surface area (Å²) in [5.41, 5.74) is 0.654. The molecule has 0 aliphatic rings. The maximum absolute atomic E-state index is 11.6. The number of carbonyl (C=O) groups excluding carboxylic acids is 1. The van der Waals surface area contributed by atoms with E-state index in [4.69, 9.17) is 16.7 Å². The lowest BCUT2D eigenvalue weighted by Crippen LogP contribution is -2.13. The second-order valence-corrected chi connectivity index (χ2v) is 4.58. The van der Waals surface area contributed by atoms with Crippen molar-refractivity contribution in [3.05, 3.63) is 32.8 Å². The van der Waals surface area contributed by atoms with Gasteiger partial charge in [-0.15, -0.1) is 0 Å². The molecule has 0 heterocycles. The molecular weight excluding hydrogens is 288 g/mol. The van der Waals surface area contributed by atoms with Crippen molar-refractivity contribution in [1.29, 1.82) is 0 Å². The largest absolute Gasteiger partial charge is 0.481 e. The van der Waals surface area contributed by atoms with Gasteiger partial charge in [0.1, 0.15) is 5.02 Å². The first-order chi connectivity index (χ1) is 9.31. The second kappa shape index (κ2) is 6.85. The molecule has 0 fully saturated rings. The van der Waals surface area contributed by atoms with Crippen LogP contribution in [0.25, 0.3) is 0 Å². The molecule has 1 rings (SSSR count). The van der Waals surface area contributed by atoms with Crippen molar-refractivity contribution in [2.45, 2.75) is 26.2 Å². The number of anilines is 1. The molecule has 0 radical (unpaired) electrons. The molecule has 8 heteroatoms. The molecule has 0 unspecified atom stereocenters. The molecule has 0 saturated heterocycles. The molecule has 0 aliphatic carbocycles. The van der Waals surface area contributed by atoms with Crippen molar-refractivity contribution in [3.63, 3.8) is 0 Å². The Balaban J connectivity index is 2.73. The molecule has 2 N–H and O–H groups in total. The van der Waals surface area contributed by atoms with E-state index in [1.54, 1.807) is 6.92 Å². The number of nitro benzene ring substituents is 1. The highest BCUT2D eigenvalue weighted by Crippen LogP contribution is 2.30. The standard InChI is InChI=1S/C12H13ClN2O5/c1-7-5-10(15(19)20)8(13)6-9(7)14-11(16)3-2-4-12(17)18/h5-6H,2-4H2,1H3,(H,14,16)(H,17,18). The van der Waals surface area contributed by atoms with Gasteiger partial charge in [0, 0.05) is 24.6 Å². The number of nitrogens with one attached hydrogen (secondary N) is 1. The van der Waals surface area contributed by atoms with E-state index in [1.807, 2.05) is 0 Å². The van der Waals surface area contributed by atoms with Gasteiger partial charge in [-0.25, -0.2) is 0 Å². The lowest BCUT2D eigenvalue weighted by molar-refractivity contribution is -0.384. The summed E-state index contributed by atoms with van der Waals surface area (Å²) in [5.74, 6) is -1.33. The quantitative estimate of drug-likeness (QED) is 0.620. The second-order valence-electron chi connectivity index (χ2n) is 4.17. The molecule has 7 nitrogen and oxygen atoms in total. The van der Waals surface area contributed by atoms with Gasteiger partial charge in [0.2, 0.25) is 5.91 Å². The number of hydrogen-bond acceptors (Lipinski definition) is 4. The summed E-state index contributed by atoms with van der Waals surface area (Å²) in [7, 11) is 0. The monoisotopic (exact) mass is 300 g/mol. The maximum atomic E-state index is 11.6. The van der Waals surface area contributed by atoms with Crippen LogP contribution in [-0.4, -0.2) is 21.9 Å². The van der Waals surface area contributed by atoms with Gasteiger partial charge < -0.3 is 10.4 Å². The molecule has 1 aromatic carbocycles. The summed E-state index contributed by atoms with van der Waals surface area (Å²) in [5, 5.41) is 21.6. The molecule has 0 saturated carbocycles. The number of aliphatic carboxylic acids is 1. The minimum atomic E-state index is -0.965. The van der Waals surface area contributed by atoms with Gasteiger partial charge in [-0.1, -0.05) is 11.6 Å². The maximum Gasteiger partial charge on any atom is 0.303 e. The van der Waals surface area contributed by atoms with Crippen molar-refractivity contribution in [2.75, 3.05) is 5.32 Å². The predicted octanol–water partition coefficient (Wildman–Crippen LogP) is 2.75. The highest BCUT2D eigenvalue weighted by Gasteiger charge is 2.16. The fourth-order valence-corrected chi connectivity index (χ4v) is 1.79. The van der Waals surface area contributed by atoms with E-state index in [9.17, 15) is 19.7 Å². The Morgan fingerprint density at radius 2 is 2.05 bits per heavy atom. The Kier molecular flexibility index (Phi) is 5.45. The highest BCUT2D eigenvalue weighted by atomic mass is 35.5. The Morgan fingerprint density at radius 3 is 2.60 bits per heavy atom. The molecule has 0 aliphatic heterocycles.